The number of hydrogen-bond acceptors (Lipinski definition) is 6. The summed E-state index contributed by atoms with van der Waals surface area (Å²) in [4.78, 5) is 14.2. The second-order valence-corrected chi connectivity index (χ2v) is 7.00. The van der Waals surface area contributed by atoms with Crippen molar-refractivity contribution in [1.29, 1.82) is 0 Å². The third-order valence-electron chi connectivity index (χ3n) is 4.59. The van der Waals surface area contributed by atoms with E-state index in [-0.39, 0.29) is 11.3 Å². The molecule has 0 aromatic carbocycles. The van der Waals surface area contributed by atoms with Gasteiger partial charge in [-0.2, -0.15) is 13.2 Å². The van der Waals surface area contributed by atoms with Gasteiger partial charge in [-0.15, -0.1) is 11.8 Å². The van der Waals surface area contributed by atoms with Crippen LogP contribution in [0.25, 0.3) is 0 Å². The molecule has 1 fully saturated rings. The van der Waals surface area contributed by atoms with Crippen LogP contribution in [0.2, 0.25) is 0 Å². The van der Waals surface area contributed by atoms with Gasteiger partial charge >= 0.3 is 12.1 Å². The van der Waals surface area contributed by atoms with Crippen LogP contribution in [-0.4, -0.2) is 62.3 Å². The molecule has 0 spiro atoms. The maximum Gasteiger partial charge on any atom is 0.396 e. The van der Waals surface area contributed by atoms with Gasteiger partial charge in [-0.25, -0.2) is 0 Å². The predicted octanol–water partition coefficient (Wildman–Crippen LogP) is 1.14. The Labute approximate surface area is 137 Å². The lowest BCUT2D eigenvalue weighted by molar-refractivity contribution is -0.170. The van der Waals surface area contributed by atoms with Crippen LogP contribution in [0.3, 0.4) is 0 Å². The first-order valence-electron chi connectivity index (χ1n) is 7.64. The van der Waals surface area contributed by atoms with Crippen molar-refractivity contribution in [2.45, 2.75) is 18.8 Å². The van der Waals surface area contributed by atoms with E-state index >= 15 is 0 Å². The van der Waals surface area contributed by atoms with Crippen molar-refractivity contribution in [3.63, 3.8) is 0 Å². The molecule has 0 aliphatic carbocycles. The monoisotopic (exact) mass is 351 g/mol. The number of piperazine rings is 1. The van der Waals surface area contributed by atoms with Crippen molar-refractivity contribution < 1.29 is 22.7 Å². The number of halogens is 3. The highest BCUT2D eigenvalue weighted by molar-refractivity contribution is 8.03. The Kier molecular flexibility index (Phi) is 4.80. The van der Waals surface area contributed by atoms with E-state index in [9.17, 15) is 18.0 Å². The van der Waals surface area contributed by atoms with Crippen LogP contribution in [0.4, 0.5) is 13.2 Å². The standard InChI is InChI=1S/C14H20F3N3O2S/c1-22-13(21)8-7-23-12-9(14(15,16)17)6-10(19-11(8)12)20-4-2-18-3-5-20/h8-10,18-19H,2-7H2,1H3. The minimum atomic E-state index is -4.30. The number of rotatable bonds is 2. The first-order valence-corrected chi connectivity index (χ1v) is 8.63. The average Bonchev–Trinajstić information content (AvgIpc) is 2.97. The SMILES string of the molecule is COC(=O)C1CSC2=C1NC(N1CCNCC1)CC2C(F)(F)F. The Bertz CT molecular complexity index is 506. The molecule has 0 radical (unpaired) electrons. The number of ether oxygens (including phenoxy) is 1. The third-order valence-corrected chi connectivity index (χ3v) is 5.91. The summed E-state index contributed by atoms with van der Waals surface area (Å²) in [5.74, 6) is -2.30. The van der Waals surface area contributed by atoms with Crippen molar-refractivity contribution in [3.8, 4) is 0 Å². The van der Waals surface area contributed by atoms with Crippen LogP contribution in [0.15, 0.2) is 10.6 Å². The first-order chi connectivity index (χ1) is 10.9. The van der Waals surface area contributed by atoms with Gasteiger partial charge in [0.1, 0.15) is 5.92 Å². The molecule has 9 heteroatoms. The van der Waals surface area contributed by atoms with Gasteiger partial charge in [0.15, 0.2) is 0 Å². The number of hydrogen-bond donors (Lipinski definition) is 2. The minimum absolute atomic E-state index is 0.0107. The maximum atomic E-state index is 13.5. The van der Waals surface area contributed by atoms with E-state index < -0.39 is 30.1 Å². The van der Waals surface area contributed by atoms with Gasteiger partial charge in [0.25, 0.3) is 0 Å². The van der Waals surface area contributed by atoms with Crippen LogP contribution in [0.5, 0.6) is 0 Å². The molecular formula is C14H20F3N3O2S. The highest BCUT2D eigenvalue weighted by Crippen LogP contribution is 2.49. The van der Waals surface area contributed by atoms with E-state index in [1.54, 1.807) is 0 Å². The second kappa shape index (κ2) is 6.52. The van der Waals surface area contributed by atoms with Crippen LogP contribution >= 0.6 is 11.8 Å². The summed E-state index contributed by atoms with van der Waals surface area (Å²) in [5, 5.41) is 6.40. The molecule has 3 aliphatic rings. The summed E-state index contributed by atoms with van der Waals surface area (Å²) in [5.41, 5.74) is 0.416. The lowest BCUT2D eigenvalue weighted by Gasteiger charge is -2.41. The van der Waals surface area contributed by atoms with Crippen molar-refractivity contribution in [2.75, 3.05) is 39.0 Å². The van der Waals surface area contributed by atoms with Crippen LogP contribution in [0, 0.1) is 11.8 Å². The van der Waals surface area contributed by atoms with Crippen molar-refractivity contribution in [3.05, 3.63) is 10.6 Å². The summed E-state index contributed by atoms with van der Waals surface area (Å²) in [7, 11) is 1.27. The van der Waals surface area contributed by atoms with E-state index in [0.29, 0.717) is 24.5 Å². The number of alkyl halides is 3. The molecule has 2 N–H and O–H groups in total. The highest BCUT2D eigenvalue weighted by Gasteiger charge is 2.51. The highest BCUT2D eigenvalue weighted by atomic mass is 32.2. The number of esters is 1. The summed E-state index contributed by atoms with van der Waals surface area (Å²) in [6.07, 6.45) is -4.70. The van der Waals surface area contributed by atoms with Gasteiger partial charge in [-0.05, 0) is 6.42 Å². The van der Waals surface area contributed by atoms with E-state index in [0.717, 1.165) is 24.9 Å². The fourth-order valence-corrected chi connectivity index (χ4v) is 4.82. The van der Waals surface area contributed by atoms with Gasteiger partial charge < -0.3 is 15.4 Å². The van der Waals surface area contributed by atoms with Gasteiger partial charge in [0, 0.05) is 42.5 Å². The Hall–Kier alpha value is -0.930. The quantitative estimate of drug-likeness (QED) is 0.728. The number of methoxy groups -OCH3 is 1. The Morgan fingerprint density at radius 2 is 2.04 bits per heavy atom. The third kappa shape index (κ3) is 3.32. The molecule has 0 saturated carbocycles. The van der Waals surface area contributed by atoms with E-state index in [2.05, 4.69) is 10.6 Å². The lowest BCUT2D eigenvalue weighted by atomic mass is 9.92. The van der Waals surface area contributed by atoms with Crippen molar-refractivity contribution in [1.82, 2.24) is 15.5 Å². The molecule has 23 heavy (non-hydrogen) atoms. The molecule has 3 atom stereocenters. The summed E-state index contributed by atoms with van der Waals surface area (Å²) < 4.78 is 45.3. The molecule has 3 unspecified atom stereocenters. The second-order valence-electron chi connectivity index (χ2n) is 5.94. The fraction of sp³-hybridized carbons (Fsp3) is 0.786. The van der Waals surface area contributed by atoms with Gasteiger partial charge in [0.05, 0.1) is 19.2 Å². The molecule has 1 saturated heterocycles. The number of nitrogens with one attached hydrogen (secondary N) is 2. The molecule has 0 aromatic rings. The molecule has 3 heterocycles. The number of nitrogens with zero attached hydrogens (tertiary/aromatic N) is 1. The Balaban J connectivity index is 1.88. The van der Waals surface area contributed by atoms with Crippen LogP contribution < -0.4 is 10.6 Å². The predicted molar refractivity (Wildman–Crippen MR) is 80.5 cm³/mol. The molecule has 3 aliphatic heterocycles. The topological polar surface area (TPSA) is 53.6 Å². The zero-order valence-electron chi connectivity index (χ0n) is 12.8. The summed E-state index contributed by atoms with van der Waals surface area (Å²) in [6, 6.07) is 0. The van der Waals surface area contributed by atoms with Crippen molar-refractivity contribution in [2.24, 2.45) is 11.8 Å². The number of thioether (sulfide) groups is 1. The van der Waals surface area contributed by atoms with Crippen LogP contribution in [0.1, 0.15) is 6.42 Å². The van der Waals surface area contributed by atoms with E-state index in [1.165, 1.54) is 7.11 Å². The number of allylic oxidation sites excluding steroid dienone is 1. The maximum absolute atomic E-state index is 13.5. The largest absolute Gasteiger partial charge is 0.468 e. The first kappa shape index (κ1) is 16.9. The molecule has 3 rings (SSSR count). The zero-order valence-corrected chi connectivity index (χ0v) is 13.6. The Morgan fingerprint density at radius 3 is 2.65 bits per heavy atom. The average molecular weight is 351 g/mol. The Morgan fingerprint density at radius 1 is 1.35 bits per heavy atom. The molecule has 5 nitrogen and oxygen atoms in total. The number of carbonyl (C=O) groups is 1. The zero-order chi connectivity index (χ0) is 16.6. The fourth-order valence-electron chi connectivity index (χ4n) is 3.38. The van der Waals surface area contributed by atoms with Crippen molar-refractivity contribution >= 4 is 17.7 Å². The van der Waals surface area contributed by atoms with Crippen LogP contribution in [-0.2, 0) is 9.53 Å². The minimum Gasteiger partial charge on any atom is -0.468 e. The molecular weight excluding hydrogens is 331 g/mol. The van der Waals surface area contributed by atoms with Gasteiger partial charge in [0.2, 0.25) is 0 Å². The number of carbonyl (C=O) groups excluding carboxylic acids is 1. The van der Waals surface area contributed by atoms with Gasteiger partial charge in [-0.3, -0.25) is 9.69 Å². The van der Waals surface area contributed by atoms with Gasteiger partial charge in [-0.1, -0.05) is 0 Å². The molecule has 0 amide bonds. The smallest absolute Gasteiger partial charge is 0.396 e. The normalized spacial score (nSPS) is 32.4. The molecule has 0 aromatic heterocycles. The molecule has 0 bridgehead atoms. The summed E-state index contributed by atoms with van der Waals surface area (Å²) in [6.45, 7) is 2.91. The van der Waals surface area contributed by atoms with E-state index in [1.807, 2.05) is 4.90 Å². The lowest BCUT2D eigenvalue weighted by Crippen LogP contribution is -2.57. The molecule has 130 valence electrons. The van der Waals surface area contributed by atoms with E-state index in [4.69, 9.17) is 4.74 Å². The summed E-state index contributed by atoms with van der Waals surface area (Å²) >= 11 is 1.13.